The van der Waals surface area contributed by atoms with E-state index in [0.29, 0.717) is 17.0 Å². The normalized spacial score (nSPS) is 13.5. The minimum absolute atomic E-state index is 0.0476. The van der Waals surface area contributed by atoms with Crippen molar-refractivity contribution in [2.45, 2.75) is 31.6 Å². The SMILES string of the molecule is C[C@H](COP(=O)(O)O)c1nnc(-c2ccc(OCCOCCc3ccc(C(F)(F)F)cc3)c(C(F)(F)F)c2)s1. The van der Waals surface area contributed by atoms with E-state index in [1.165, 1.54) is 18.2 Å². The molecule has 3 rings (SSSR count). The fourth-order valence-corrected chi connectivity index (χ4v) is 4.50. The highest BCUT2D eigenvalue weighted by Gasteiger charge is 2.35. The molecule has 0 aliphatic rings. The largest absolute Gasteiger partial charge is 0.491 e. The summed E-state index contributed by atoms with van der Waals surface area (Å²) in [5.74, 6) is -0.987. The predicted molar refractivity (Wildman–Crippen MR) is 128 cm³/mol. The summed E-state index contributed by atoms with van der Waals surface area (Å²) in [7, 11) is -4.68. The number of hydrogen-bond acceptors (Lipinski definition) is 7. The highest BCUT2D eigenvalue weighted by atomic mass is 32.1. The first kappa shape index (κ1) is 31.0. The van der Waals surface area contributed by atoms with Crippen LogP contribution < -0.4 is 4.74 Å². The number of alkyl halides is 6. The number of phosphoric ester groups is 1. The van der Waals surface area contributed by atoms with Gasteiger partial charge in [0.15, 0.2) is 0 Å². The molecule has 1 atom stereocenters. The van der Waals surface area contributed by atoms with Gasteiger partial charge in [0, 0.05) is 11.5 Å². The smallest absolute Gasteiger partial charge is 0.469 e. The Morgan fingerprint density at radius 1 is 0.949 bits per heavy atom. The van der Waals surface area contributed by atoms with E-state index in [1.807, 2.05) is 0 Å². The Bertz CT molecular complexity index is 1280. The second-order valence-electron chi connectivity index (χ2n) is 8.25. The summed E-state index contributed by atoms with van der Waals surface area (Å²) in [4.78, 5) is 17.6. The van der Waals surface area contributed by atoms with Crippen LogP contribution in [0, 0.1) is 0 Å². The number of ether oxygens (including phenoxy) is 2. The number of phosphoric acid groups is 1. The van der Waals surface area contributed by atoms with E-state index in [0.717, 1.165) is 35.6 Å². The lowest BCUT2D eigenvalue weighted by molar-refractivity contribution is -0.139. The van der Waals surface area contributed by atoms with E-state index in [2.05, 4.69) is 14.7 Å². The van der Waals surface area contributed by atoms with Crippen LogP contribution in [0.5, 0.6) is 5.75 Å². The molecule has 1 aromatic heterocycles. The molecule has 214 valence electrons. The van der Waals surface area contributed by atoms with Crippen LogP contribution in [0.15, 0.2) is 42.5 Å². The fourth-order valence-electron chi connectivity index (χ4n) is 3.20. The molecule has 3 aromatic rings. The van der Waals surface area contributed by atoms with Crippen LogP contribution in [-0.4, -0.2) is 46.4 Å². The van der Waals surface area contributed by atoms with Gasteiger partial charge in [-0.05, 0) is 42.3 Å². The zero-order valence-electron chi connectivity index (χ0n) is 20.2. The maximum absolute atomic E-state index is 13.7. The fraction of sp³-hybridized carbons (Fsp3) is 0.391. The summed E-state index contributed by atoms with van der Waals surface area (Å²) in [6, 6.07) is 7.96. The van der Waals surface area contributed by atoms with Crippen LogP contribution in [0.2, 0.25) is 0 Å². The molecule has 2 aromatic carbocycles. The van der Waals surface area contributed by atoms with Crippen molar-refractivity contribution >= 4 is 19.2 Å². The Balaban J connectivity index is 1.55. The van der Waals surface area contributed by atoms with E-state index in [4.69, 9.17) is 19.3 Å². The molecule has 8 nitrogen and oxygen atoms in total. The number of aromatic nitrogens is 2. The van der Waals surface area contributed by atoms with Crippen LogP contribution in [0.3, 0.4) is 0 Å². The third kappa shape index (κ3) is 9.55. The summed E-state index contributed by atoms with van der Waals surface area (Å²) in [6.07, 6.45) is -8.86. The number of benzene rings is 2. The second-order valence-corrected chi connectivity index (χ2v) is 10.5. The average Bonchev–Trinajstić information content (AvgIpc) is 3.34. The Kier molecular flexibility index (Phi) is 10.1. The van der Waals surface area contributed by atoms with Gasteiger partial charge in [-0.2, -0.15) is 26.3 Å². The van der Waals surface area contributed by atoms with Gasteiger partial charge in [-0.3, -0.25) is 4.52 Å². The van der Waals surface area contributed by atoms with E-state index in [-0.39, 0.29) is 37.0 Å². The lowest BCUT2D eigenvalue weighted by atomic mass is 10.1. The van der Waals surface area contributed by atoms with E-state index in [9.17, 15) is 30.9 Å². The molecule has 0 amide bonds. The molecule has 0 aliphatic carbocycles. The number of halogens is 6. The summed E-state index contributed by atoms with van der Waals surface area (Å²) in [5, 5.41) is 8.24. The zero-order chi connectivity index (χ0) is 28.8. The Hall–Kier alpha value is -2.55. The average molecular weight is 600 g/mol. The van der Waals surface area contributed by atoms with Crippen molar-refractivity contribution in [2.24, 2.45) is 0 Å². The van der Waals surface area contributed by atoms with E-state index in [1.54, 1.807) is 6.92 Å². The molecule has 0 saturated heterocycles. The molecule has 0 aliphatic heterocycles. The molecule has 0 radical (unpaired) electrons. The first-order valence-electron chi connectivity index (χ1n) is 11.3. The molecule has 1 heterocycles. The van der Waals surface area contributed by atoms with E-state index < -0.39 is 43.0 Å². The minimum Gasteiger partial charge on any atom is -0.491 e. The van der Waals surface area contributed by atoms with Crippen molar-refractivity contribution in [1.82, 2.24) is 10.2 Å². The maximum Gasteiger partial charge on any atom is 0.469 e. The summed E-state index contributed by atoms with van der Waals surface area (Å²) in [5.41, 5.74) is -1.07. The standard InChI is InChI=1S/C23H23F6N2O6PS/c1-14(13-37-38(32,33)34)20-30-31-21(39-20)16-4-7-19(18(12-16)23(27,28)29)36-11-10-35-9-8-15-2-5-17(6-3-15)22(24,25)26/h2-7,12,14H,8-11,13H2,1H3,(H2,32,33,34)/t14-/m1/s1. The molecule has 39 heavy (non-hydrogen) atoms. The lowest BCUT2D eigenvalue weighted by Gasteiger charge is -2.15. The first-order valence-corrected chi connectivity index (χ1v) is 13.6. The Morgan fingerprint density at radius 2 is 1.64 bits per heavy atom. The van der Waals surface area contributed by atoms with Crippen LogP contribution >= 0.6 is 19.2 Å². The van der Waals surface area contributed by atoms with Gasteiger partial charge in [-0.25, -0.2) is 4.57 Å². The molecular weight excluding hydrogens is 577 g/mol. The monoisotopic (exact) mass is 600 g/mol. The Morgan fingerprint density at radius 3 is 2.26 bits per heavy atom. The van der Waals surface area contributed by atoms with Crippen molar-refractivity contribution < 1.29 is 54.7 Å². The van der Waals surface area contributed by atoms with Gasteiger partial charge in [0.25, 0.3) is 0 Å². The summed E-state index contributed by atoms with van der Waals surface area (Å²) >= 11 is 0.958. The van der Waals surface area contributed by atoms with Crippen LogP contribution in [0.4, 0.5) is 26.3 Å². The van der Waals surface area contributed by atoms with Crippen LogP contribution in [0.25, 0.3) is 10.6 Å². The van der Waals surface area contributed by atoms with Gasteiger partial charge in [-0.15, -0.1) is 10.2 Å². The van der Waals surface area contributed by atoms with Crippen LogP contribution in [0.1, 0.15) is 34.5 Å². The molecule has 0 saturated carbocycles. The molecule has 0 spiro atoms. The van der Waals surface area contributed by atoms with Gasteiger partial charge in [-0.1, -0.05) is 30.4 Å². The summed E-state index contributed by atoms with van der Waals surface area (Å²) in [6.45, 7) is 1.11. The van der Waals surface area contributed by atoms with Crippen molar-refractivity contribution in [3.63, 3.8) is 0 Å². The molecule has 2 N–H and O–H groups in total. The van der Waals surface area contributed by atoms with E-state index >= 15 is 0 Å². The summed E-state index contributed by atoms with van der Waals surface area (Å²) < 4.78 is 105. The minimum atomic E-state index is -4.74. The van der Waals surface area contributed by atoms with Gasteiger partial charge >= 0.3 is 20.2 Å². The van der Waals surface area contributed by atoms with Gasteiger partial charge < -0.3 is 19.3 Å². The molecule has 0 unspecified atom stereocenters. The first-order chi connectivity index (χ1) is 18.1. The third-order valence-electron chi connectivity index (χ3n) is 5.19. The van der Waals surface area contributed by atoms with Crippen LogP contribution in [-0.2, 0) is 32.6 Å². The number of rotatable bonds is 12. The van der Waals surface area contributed by atoms with Crippen molar-refractivity contribution in [3.05, 3.63) is 64.2 Å². The number of hydrogen-bond donors (Lipinski definition) is 2. The molecule has 0 bridgehead atoms. The van der Waals surface area contributed by atoms with Crippen molar-refractivity contribution in [2.75, 3.05) is 26.4 Å². The van der Waals surface area contributed by atoms with Crippen molar-refractivity contribution in [1.29, 1.82) is 0 Å². The molecule has 16 heteroatoms. The second kappa shape index (κ2) is 12.7. The highest BCUT2D eigenvalue weighted by molar-refractivity contribution is 7.46. The highest BCUT2D eigenvalue weighted by Crippen LogP contribution is 2.41. The quantitative estimate of drug-likeness (QED) is 0.146. The van der Waals surface area contributed by atoms with Gasteiger partial charge in [0.2, 0.25) is 0 Å². The molecular formula is C23H23F6N2O6PS. The lowest BCUT2D eigenvalue weighted by Crippen LogP contribution is -2.13. The van der Waals surface area contributed by atoms with Crippen molar-refractivity contribution in [3.8, 4) is 16.3 Å². The maximum atomic E-state index is 13.7. The predicted octanol–water partition coefficient (Wildman–Crippen LogP) is 6.09. The topological polar surface area (TPSA) is 111 Å². The Labute approximate surface area is 222 Å². The third-order valence-corrected chi connectivity index (χ3v) is 6.88. The zero-order valence-corrected chi connectivity index (χ0v) is 21.9. The number of nitrogens with zero attached hydrogens (tertiary/aromatic N) is 2. The van der Waals surface area contributed by atoms with Gasteiger partial charge in [0.05, 0.1) is 30.9 Å². The molecule has 0 fully saturated rings. The van der Waals surface area contributed by atoms with Gasteiger partial charge in [0.1, 0.15) is 22.4 Å².